The highest BCUT2D eigenvalue weighted by Gasteiger charge is 2.34. The molecule has 0 spiro atoms. The number of nitrogens with one attached hydrogen (secondary N) is 1. The molecule has 43 heavy (non-hydrogen) atoms. The Bertz CT molecular complexity index is 1540. The predicted octanol–water partition coefficient (Wildman–Crippen LogP) is 7.67. The van der Waals surface area contributed by atoms with Gasteiger partial charge in [-0.2, -0.15) is 0 Å². The standard InChI is InChI=1S/C31H33Cl4N3O4S/c1-20-11-13-26(14-12-20)43(41,42)38(25-16-22(32)15-23(33)17-25)19-30(39)37(18-27-28(34)9-6-10-29(27)35)21(2)31(40)36-24-7-4-3-5-8-24/h6,9-17,21,24H,3-5,7-8,18-19H2,1-2H3,(H,36,40)/t21-/m1/s1. The molecule has 1 saturated carbocycles. The van der Waals surface area contributed by atoms with E-state index >= 15 is 0 Å². The number of hydrogen-bond acceptors (Lipinski definition) is 4. The van der Waals surface area contributed by atoms with E-state index in [1.54, 1.807) is 37.3 Å². The topological polar surface area (TPSA) is 86.8 Å². The highest BCUT2D eigenvalue weighted by atomic mass is 35.5. The first-order valence-corrected chi connectivity index (χ1v) is 16.9. The van der Waals surface area contributed by atoms with Crippen LogP contribution in [0.3, 0.4) is 0 Å². The van der Waals surface area contributed by atoms with Gasteiger partial charge in [-0.25, -0.2) is 8.42 Å². The monoisotopic (exact) mass is 683 g/mol. The average Bonchev–Trinajstić information content (AvgIpc) is 2.95. The lowest BCUT2D eigenvalue weighted by Gasteiger charge is -2.33. The van der Waals surface area contributed by atoms with Crippen molar-refractivity contribution >= 4 is 73.9 Å². The largest absolute Gasteiger partial charge is 0.352 e. The number of anilines is 1. The highest BCUT2D eigenvalue weighted by Crippen LogP contribution is 2.31. The second kappa shape index (κ2) is 14.5. The zero-order chi connectivity index (χ0) is 31.3. The lowest BCUT2D eigenvalue weighted by molar-refractivity contribution is -0.139. The van der Waals surface area contributed by atoms with Gasteiger partial charge in [0, 0.05) is 38.2 Å². The van der Waals surface area contributed by atoms with Crippen molar-refractivity contribution in [2.45, 2.75) is 69.5 Å². The van der Waals surface area contributed by atoms with Crippen LogP contribution in [-0.4, -0.2) is 43.8 Å². The van der Waals surface area contributed by atoms with E-state index in [4.69, 9.17) is 46.4 Å². The van der Waals surface area contributed by atoms with Gasteiger partial charge in [-0.15, -0.1) is 0 Å². The molecule has 1 N–H and O–H groups in total. The maximum absolute atomic E-state index is 14.2. The molecule has 2 amide bonds. The molecule has 7 nitrogen and oxygen atoms in total. The van der Waals surface area contributed by atoms with Crippen LogP contribution in [0.4, 0.5) is 5.69 Å². The minimum atomic E-state index is -4.27. The minimum Gasteiger partial charge on any atom is -0.352 e. The van der Waals surface area contributed by atoms with Gasteiger partial charge >= 0.3 is 0 Å². The van der Waals surface area contributed by atoms with Crippen LogP contribution < -0.4 is 9.62 Å². The van der Waals surface area contributed by atoms with E-state index in [1.807, 2.05) is 6.92 Å². The van der Waals surface area contributed by atoms with Crippen LogP contribution in [0.2, 0.25) is 20.1 Å². The Hall–Kier alpha value is -2.49. The molecule has 12 heteroatoms. The molecular weight excluding hydrogens is 652 g/mol. The Kier molecular flexibility index (Phi) is 11.3. The fourth-order valence-corrected chi connectivity index (χ4v) is 7.48. The lowest BCUT2D eigenvalue weighted by Crippen LogP contribution is -2.53. The fraction of sp³-hybridized carbons (Fsp3) is 0.355. The van der Waals surface area contributed by atoms with Crippen LogP contribution in [0.15, 0.2) is 65.6 Å². The van der Waals surface area contributed by atoms with Gasteiger partial charge in [-0.05, 0) is 69.2 Å². The number of nitrogens with zero attached hydrogens (tertiary/aromatic N) is 2. The number of benzene rings is 3. The summed E-state index contributed by atoms with van der Waals surface area (Å²) in [5, 5.41) is 4.08. The van der Waals surface area contributed by atoms with Gasteiger partial charge < -0.3 is 10.2 Å². The highest BCUT2D eigenvalue weighted by molar-refractivity contribution is 7.92. The van der Waals surface area contributed by atoms with Crippen molar-refractivity contribution < 1.29 is 18.0 Å². The van der Waals surface area contributed by atoms with Gasteiger partial charge in [0.05, 0.1) is 10.6 Å². The summed E-state index contributed by atoms with van der Waals surface area (Å²) >= 11 is 25.4. The van der Waals surface area contributed by atoms with E-state index in [9.17, 15) is 18.0 Å². The van der Waals surface area contributed by atoms with Crippen LogP contribution in [-0.2, 0) is 26.2 Å². The molecule has 230 valence electrons. The number of halogens is 4. The van der Waals surface area contributed by atoms with E-state index < -0.39 is 28.5 Å². The third-order valence-electron chi connectivity index (χ3n) is 7.53. The van der Waals surface area contributed by atoms with Gasteiger partial charge in [0.15, 0.2) is 0 Å². The molecule has 0 saturated heterocycles. The van der Waals surface area contributed by atoms with Crippen molar-refractivity contribution in [2.24, 2.45) is 0 Å². The Labute approximate surface area is 273 Å². The minimum absolute atomic E-state index is 0.0107. The molecule has 0 bridgehead atoms. The van der Waals surface area contributed by atoms with Crippen LogP contribution in [0.1, 0.15) is 50.2 Å². The third kappa shape index (κ3) is 8.37. The molecule has 0 heterocycles. The summed E-state index contributed by atoms with van der Waals surface area (Å²) in [5.74, 6) is -0.990. The average molecular weight is 686 g/mol. The zero-order valence-electron chi connectivity index (χ0n) is 23.8. The van der Waals surface area contributed by atoms with E-state index in [0.29, 0.717) is 15.6 Å². The van der Waals surface area contributed by atoms with Gasteiger partial charge in [0.1, 0.15) is 12.6 Å². The Morgan fingerprint density at radius 1 is 0.907 bits per heavy atom. The Morgan fingerprint density at radius 2 is 1.49 bits per heavy atom. The first-order chi connectivity index (χ1) is 20.4. The molecule has 1 aliphatic rings. The van der Waals surface area contributed by atoms with Crippen molar-refractivity contribution in [2.75, 3.05) is 10.8 Å². The quantitative estimate of drug-likeness (QED) is 0.238. The van der Waals surface area contributed by atoms with E-state index in [0.717, 1.165) is 42.0 Å². The molecule has 1 fully saturated rings. The SMILES string of the molecule is Cc1ccc(S(=O)(=O)N(CC(=O)N(Cc2c(Cl)cccc2Cl)[C@H](C)C(=O)NC2CCCCC2)c2cc(Cl)cc(Cl)c2)cc1. The molecule has 4 rings (SSSR count). The number of carbonyl (C=O) groups excluding carboxylic acids is 2. The van der Waals surface area contributed by atoms with E-state index in [1.165, 1.54) is 35.2 Å². The van der Waals surface area contributed by atoms with Crippen molar-refractivity contribution in [3.05, 3.63) is 91.9 Å². The number of aryl methyl sites for hydroxylation is 1. The number of carbonyl (C=O) groups is 2. The summed E-state index contributed by atoms with van der Waals surface area (Å²) < 4.78 is 29.0. The second-order valence-corrected chi connectivity index (χ2v) is 14.2. The van der Waals surface area contributed by atoms with Gasteiger partial charge in [-0.1, -0.05) is 89.4 Å². The first kappa shape index (κ1) is 33.4. The molecule has 1 atom stereocenters. The van der Waals surface area contributed by atoms with E-state index in [2.05, 4.69) is 5.32 Å². The summed E-state index contributed by atoms with van der Waals surface area (Å²) in [5.41, 5.74) is 1.41. The molecule has 1 aliphatic carbocycles. The predicted molar refractivity (Wildman–Crippen MR) is 174 cm³/mol. The summed E-state index contributed by atoms with van der Waals surface area (Å²) in [4.78, 5) is 28.9. The van der Waals surface area contributed by atoms with Gasteiger partial charge in [-0.3, -0.25) is 13.9 Å². The molecule has 0 unspecified atom stereocenters. The normalized spacial score (nSPS) is 14.7. The lowest BCUT2D eigenvalue weighted by atomic mass is 9.95. The van der Waals surface area contributed by atoms with Crippen LogP contribution in [0.5, 0.6) is 0 Å². The first-order valence-electron chi connectivity index (χ1n) is 13.9. The summed E-state index contributed by atoms with van der Waals surface area (Å²) in [7, 11) is -4.27. The van der Waals surface area contributed by atoms with Gasteiger partial charge in [0.2, 0.25) is 11.8 Å². The maximum Gasteiger partial charge on any atom is 0.264 e. The van der Waals surface area contributed by atoms with Crippen molar-refractivity contribution in [3.63, 3.8) is 0 Å². The number of rotatable bonds is 10. The summed E-state index contributed by atoms with van der Waals surface area (Å²) in [6, 6.07) is 14.6. The van der Waals surface area contributed by atoms with Crippen molar-refractivity contribution in [3.8, 4) is 0 Å². The smallest absolute Gasteiger partial charge is 0.264 e. The molecule has 3 aromatic rings. The molecule has 0 aliphatic heterocycles. The maximum atomic E-state index is 14.2. The van der Waals surface area contributed by atoms with Crippen LogP contribution in [0, 0.1) is 6.92 Å². The second-order valence-electron chi connectivity index (χ2n) is 10.7. The molecule has 0 aromatic heterocycles. The summed E-state index contributed by atoms with van der Waals surface area (Å²) in [6.45, 7) is 2.68. The van der Waals surface area contributed by atoms with Gasteiger partial charge in [0.25, 0.3) is 10.0 Å². The zero-order valence-corrected chi connectivity index (χ0v) is 27.7. The Morgan fingerprint density at radius 3 is 2.07 bits per heavy atom. The summed E-state index contributed by atoms with van der Waals surface area (Å²) in [6.07, 6.45) is 4.88. The van der Waals surface area contributed by atoms with Crippen molar-refractivity contribution in [1.82, 2.24) is 10.2 Å². The fourth-order valence-electron chi connectivity index (χ4n) is 5.05. The molecule has 0 radical (unpaired) electrons. The van der Waals surface area contributed by atoms with Crippen molar-refractivity contribution in [1.29, 1.82) is 0 Å². The van der Waals surface area contributed by atoms with Crippen LogP contribution >= 0.6 is 46.4 Å². The number of hydrogen-bond donors (Lipinski definition) is 1. The number of amides is 2. The van der Waals surface area contributed by atoms with Crippen LogP contribution in [0.25, 0.3) is 0 Å². The Balaban J connectivity index is 1.73. The molecule has 3 aromatic carbocycles. The van der Waals surface area contributed by atoms with E-state index in [-0.39, 0.29) is 39.1 Å². The number of sulfonamides is 1. The third-order valence-corrected chi connectivity index (χ3v) is 10.5. The molecular formula is C31H33Cl4N3O4S.